The summed E-state index contributed by atoms with van der Waals surface area (Å²) in [5.41, 5.74) is 3.66. The van der Waals surface area contributed by atoms with Gasteiger partial charge >= 0.3 is 0 Å². The summed E-state index contributed by atoms with van der Waals surface area (Å²) < 4.78 is 25.3. The predicted octanol–water partition coefficient (Wildman–Crippen LogP) is 5.16. The van der Waals surface area contributed by atoms with Crippen molar-refractivity contribution in [2.45, 2.75) is 18.6 Å². The van der Waals surface area contributed by atoms with Gasteiger partial charge in [0.2, 0.25) is 0 Å². The van der Waals surface area contributed by atoms with Gasteiger partial charge in [-0.05, 0) is 47.9 Å². The Morgan fingerprint density at radius 1 is 1.12 bits per heavy atom. The van der Waals surface area contributed by atoms with Gasteiger partial charge in [-0.3, -0.25) is 4.98 Å². The van der Waals surface area contributed by atoms with Crippen LogP contribution >= 0.6 is 15.9 Å². The summed E-state index contributed by atoms with van der Waals surface area (Å²) in [4.78, 5) is 4.51. The largest absolute Gasteiger partial charge is 0.256 e. The van der Waals surface area contributed by atoms with Crippen LogP contribution in [0.5, 0.6) is 0 Å². The van der Waals surface area contributed by atoms with Crippen LogP contribution in [0, 0.1) is 0 Å². The van der Waals surface area contributed by atoms with Crippen molar-refractivity contribution in [2.75, 3.05) is 6.26 Å². The number of pyridine rings is 1. The van der Waals surface area contributed by atoms with Crippen molar-refractivity contribution in [1.29, 1.82) is 0 Å². The highest BCUT2D eigenvalue weighted by molar-refractivity contribution is 9.10. The molecule has 0 bridgehead atoms. The van der Waals surface area contributed by atoms with Crippen molar-refractivity contribution in [2.24, 2.45) is 0 Å². The molecule has 3 rings (SSSR count). The number of halogens is 1. The van der Waals surface area contributed by atoms with E-state index in [1.807, 2.05) is 55.5 Å². The molecular weight excluding hydrogens is 386 g/mol. The molecule has 0 saturated carbocycles. The van der Waals surface area contributed by atoms with Crippen LogP contribution in [0.2, 0.25) is 0 Å². The second-order valence-electron chi connectivity index (χ2n) is 5.88. The number of nitrogens with zero attached hydrogens (tertiary/aromatic N) is 1. The highest BCUT2D eigenvalue weighted by Gasteiger charge is 2.22. The number of aromatic nitrogens is 1. The summed E-state index contributed by atoms with van der Waals surface area (Å²) >= 11 is 3.50. The summed E-state index contributed by atoms with van der Waals surface area (Å²) in [6.45, 7) is 1.90. The van der Waals surface area contributed by atoms with E-state index in [9.17, 15) is 8.42 Å². The normalized spacial score (nSPS) is 13.1. The standard InChI is InChI=1S/C19H18BrNO2S/c1-3-18(24(2,22)23)15-10-14-7-5-9-21-19(14)17(12-15)13-6-4-8-16(20)11-13/h4-12,18H,3H2,1-2H3. The number of hydrogen-bond donors (Lipinski definition) is 0. The number of fused-ring (bicyclic) bond motifs is 1. The Morgan fingerprint density at radius 3 is 2.58 bits per heavy atom. The van der Waals surface area contributed by atoms with Crippen molar-refractivity contribution in [3.63, 3.8) is 0 Å². The first-order chi connectivity index (χ1) is 11.4. The van der Waals surface area contributed by atoms with Gasteiger partial charge in [0.1, 0.15) is 0 Å². The quantitative estimate of drug-likeness (QED) is 0.604. The molecule has 3 nitrogen and oxygen atoms in total. The first-order valence-corrected chi connectivity index (χ1v) is 10.5. The lowest BCUT2D eigenvalue weighted by molar-refractivity contribution is 0.585. The maximum Gasteiger partial charge on any atom is 0.154 e. The molecule has 0 fully saturated rings. The molecule has 1 atom stereocenters. The fraction of sp³-hybridized carbons (Fsp3) is 0.211. The van der Waals surface area contributed by atoms with Gasteiger partial charge in [-0.25, -0.2) is 8.42 Å². The number of hydrogen-bond acceptors (Lipinski definition) is 3. The molecule has 1 heterocycles. The molecule has 2 aromatic carbocycles. The Morgan fingerprint density at radius 2 is 1.92 bits per heavy atom. The zero-order chi connectivity index (χ0) is 17.3. The SMILES string of the molecule is CCC(c1cc(-c2cccc(Br)c2)c2ncccc2c1)S(C)(=O)=O. The van der Waals surface area contributed by atoms with Crippen molar-refractivity contribution in [3.05, 3.63) is 64.8 Å². The van der Waals surface area contributed by atoms with E-state index in [1.165, 1.54) is 6.26 Å². The first kappa shape index (κ1) is 17.1. The van der Waals surface area contributed by atoms with Crippen LogP contribution in [0.25, 0.3) is 22.0 Å². The van der Waals surface area contributed by atoms with Crippen LogP contribution in [-0.4, -0.2) is 19.7 Å². The van der Waals surface area contributed by atoms with Gasteiger partial charge in [0, 0.05) is 27.9 Å². The highest BCUT2D eigenvalue weighted by Crippen LogP contribution is 2.35. The Bertz CT molecular complexity index is 999. The third kappa shape index (κ3) is 3.37. The molecule has 0 aliphatic carbocycles. The summed E-state index contributed by atoms with van der Waals surface area (Å²) in [6.07, 6.45) is 3.60. The second kappa shape index (κ2) is 6.65. The molecule has 0 spiro atoms. The van der Waals surface area contributed by atoms with E-state index in [1.54, 1.807) is 6.20 Å². The van der Waals surface area contributed by atoms with Crippen molar-refractivity contribution >= 4 is 36.7 Å². The molecule has 3 aromatic rings. The van der Waals surface area contributed by atoms with Crippen LogP contribution in [0.15, 0.2) is 59.2 Å². The lowest BCUT2D eigenvalue weighted by atomic mass is 9.97. The Hall–Kier alpha value is -1.72. The molecular formula is C19H18BrNO2S. The average Bonchev–Trinajstić information content (AvgIpc) is 2.53. The lowest BCUT2D eigenvalue weighted by Crippen LogP contribution is -2.10. The molecule has 24 heavy (non-hydrogen) atoms. The third-order valence-electron chi connectivity index (χ3n) is 4.12. The molecule has 0 radical (unpaired) electrons. The molecule has 0 aliphatic rings. The number of benzene rings is 2. The molecule has 0 saturated heterocycles. The van der Waals surface area contributed by atoms with Crippen LogP contribution in [0.4, 0.5) is 0 Å². The van der Waals surface area contributed by atoms with Gasteiger partial charge < -0.3 is 0 Å². The Balaban J connectivity index is 2.32. The summed E-state index contributed by atoms with van der Waals surface area (Å²) in [5, 5.41) is 0.445. The lowest BCUT2D eigenvalue weighted by Gasteiger charge is -2.16. The van der Waals surface area contributed by atoms with E-state index in [4.69, 9.17) is 0 Å². The Labute approximate surface area is 150 Å². The summed E-state index contributed by atoms with van der Waals surface area (Å²) in [6, 6.07) is 15.7. The second-order valence-corrected chi connectivity index (χ2v) is 9.02. The zero-order valence-electron chi connectivity index (χ0n) is 13.5. The van der Waals surface area contributed by atoms with Crippen LogP contribution in [-0.2, 0) is 9.84 Å². The van der Waals surface area contributed by atoms with Crippen molar-refractivity contribution in [1.82, 2.24) is 4.98 Å². The van der Waals surface area contributed by atoms with Gasteiger partial charge in [0.25, 0.3) is 0 Å². The van der Waals surface area contributed by atoms with Gasteiger partial charge in [-0.2, -0.15) is 0 Å². The van der Waals surface area contributed by atoms with E-state index < -0.39 is 15.1 Å². The zero-order valence-corrected chi connectivity index (χ0v) is 15.9. The number of sulfone groups is 1. The molecule has 5 heteroatoms. The van der Waals surface area contributed by atoms with Gasteiger partial charge in [-0.15, -0.1) is 0 Å². The molecule has 0 amide bonds. The van der Waals surface area contributed by atoms with Crippen LogP contribution in [0.1, 0.15) is 24.2 Å². The monoisotopic (exact) mass is 403 g/mol. The van der Waals surface area contributed by atoms with Crippen LogP contribution < -0.4 is 0 Å². The maximum atomic E-state index is 12.2. The minimum Gasteiger partial charge on any atom is -0.256 e. The molecule has 1 unspecified atom stereocenters. The molecule has 0 aliphatic heterocycles. The topological polar surface area (TPSA) is 47.0 Å². The van der Waals surface area contributed by atoms with Gasteiger partial charge in [-0.1, -0.05) is 41.1 Å². The maximum absolute atomic E-state index is 12.2. The predicted molar refractivity (Wildman–Crippen MR) is 103 cm³/mol. The average molecular weight is 404 g/mol. The molecule has 124 valence electrons. The van der Waals surface area contributed by atoms with Gasteiger partial charge in [0.15, 0.2) is 9.84 Å². The fourth-order valence-corrected chi connectivity index (χ4v) is 4.70. The highest BCUT2D eigenvalue weighted by atomic mass is 79.9. The van der Waals surface area contributed by atoms with Crippen molar-refractivity contribution in [3.8, 4) is 11.1 Å². The molecule has 0 N–H and O–H groups in total. The van der Waals surface area contributed by atoms with E-state index in [0.29, 0.717) is 6.42 Å². The van der Waals surface area contributed by atoms with Gasteiger partial charge in [0.05, 0.1) is 10.8 Å². The minimum absolute atomic E-state index is 0.506. The molecule has 1 aromatic heterocycles. The van der Waals surface area contributed by atoms with E-state index >= 15 is 0 Å². The van der Waals surface area contributed by atoms with Crippen LogP contribution in [0.3, 0.4) is 0 Å². The van der Waals surface area contributed by atoms with Crippen molar-refractivity contribution < 1.29 is 8.42 Å². The smallest absolute Gasteiger partial charge is 0.154 e. The first-order valence-electron chi connectivity index (χ1n) is 7.73. The Kier molecular flexibility index (Phi) is 4.74. The number of rotatable bonds is 4. The summed E-state index contributed by atoms with van der Waals surface area (Å²) in [5.74, 6) is 0. The summed E-state index contributed by atoms with van der Waals surface area (Å²) in [7, 11) is -3.17. The van der Waals surface area contributed by atoms with E-state index in [-0.39, 0.29) is 0 Å². The van der Waals surface area contributed by atoms with E-state index in [2.05, 4.69) is 20.9 Å². The van der Waals surface area contributed by atoms with E-state index in [0.717, 1.165) is 32.1 Å². The third-order valence-corrected chi connectivity index (χ3v) is 6.25. The fourth-order valence-electron chi connectivity index (χ4n) is 3.06. The minimum atomic E-state index is -3.17.